The summed E-state index contributed by atoms with van der Waals surface area (Å²) >= 11 is 0. The van der Waals surface area contributed by atoms with Gasteiger partial charge in [0, 0.05) is 39.1 Å². The number of hydrogen-bond donors (Lipinski definition) is 2. The molecule has 2 amide bonds. The number of alkyl carbamates (subject to hydrolysis) is 1. The lowest BCUT2D eigenvalue weighted by Gasteiger charge is -2.35. The first kappa shape index (κ1) is 21.2. The Morgan fingerprint density at radius 3 is 2.37 bits per heavy atom. The Bertz CT molecular complexity index is 596. The fraction of sp³-hybridized carbons (Fsp3) is 0.600. The zero-order valence-corrected chi connectivity index (χ0v) is 16.5. The average Bonchev–Trinajstić information content (AvgIpc) is 2.60. The number of ether oxygens (including phenoxy) is 2. The van der Waals surface area contributed by atoms with Crippen molar-refractivity contribution in [2.24, 2.45) is 0 Å². The second-order valence-electron chi connectivity index (χ2n) is 6.94. The molecule has 2 N–H and O–H groups in total. The van der Waals surface area contributed by atoms with E-state index in [4.69, 9.17) is 9.47 Å². The summed E-state index contributed by atoms with van der Waals surface area (Å²) in [5, 5.41) is 5.39. The van der Waals surface area contributed by atoms with Crippen molar-refractivity contribution >= 4 is 12.0 Å². The number of rotatable bonds is 8. The number of benzene rings is 1. The van der Waals surface area contributed by atoms with Gasteiger partial charge in [-0.25, -0.2) is 4.79 Å². The Morgan fingerprint density at radius 2 is 1.74 bits per heavy atom. The number of hydrogen-bond acceptors (Lipinski definition) is 5. The van der Waals surface area contributed by atoms with Gasteiger partial charge in [-0.15, -0.1) is 0 Å². The first-order valence-electron chi connectivity index (χ1n) is 9.59. The van der Waals surface area contributed by atoms with Crippen LogP contribution in [0.5, 0.6) is 0 Å². The van der Waals surface area contributed by atoms with E-state index < -0.39 is 6.09 Å². The molecule has 0 bridgehead atoms. The monoisotopic (exact) mass is 377 g/mol. The van der Waals surface area contributed by atoms with Crippen LogP contribution in [0.15, 0.2) is 24.3 Å². The Balaban J connectivity index is 1.69. The van der Waals surface area contributed by atoms with E-state index in [2.05, 4.69) is 41.5 Å². The van der Waals surface area contributed by atoms with Crippen molar-refractivity contribution in [2.75, 3.05) is 26.2 Å². The van der Waals surface area contributed by atoms with Crippen LogP contribution in [-0.4, -0.2) is 55.3 Å². The molecule has 1 fully saturated rings. The standard InChI is InChI=1S/C20H31N3O4/c1-4-26-20(25)21-10-9-19(24)22-11-17-5-7-18(8-6-17)14-23-12-15(2)27-16(3)13-23/h5-8,15-16H,4,9-14H2,1-3H3,(H,21,25)(H,22,24). The first-order valence-corrected chi connectivity index (χ1v) is 9.59. The van der Waals surface area contributed by atoms with Crippen molar-refractivity contribution in [2.45, 2.75) is 52.5 Å². The van der Waals surface area contributed by atoms with Crippen LogP contribution >= 0.6 is 0 Å². The van der Waals surface area contributed by atoms with Gasteiger partial charge >= 0.3 is 6.09 Å². The van der Waals surface area contributed by atoms with E-state index in [0.717, 1.165) is 25.2 Å². The minimum absolute atomic E-state index is 0.104. The number of nitrogens with one attached hydrogen (secondary N) is 2. The SMILES string of the molecule is CCOC(=O)NCCC(=O)NCc1ccc(CN2CC(C)OC(C)C2)cc1. The van der Waals surface area contributed by atoms with Crippen LogP contribution in [0.3, 0.4) is 0 Å². The average molecular weight is 377 g/mol. The summed E-state index contributed by atoms with van der Waals surface area (Å²) in [5.74, 6) is -0.104. The maximum absolute atomic E-state index is 11.8. The molecule has 2 rings (SSSR count). The molecule has 0 saturated carbocycles. The largest absolute Gasteiger partial charge is 0.450 e. The van der Waals surface area contributed by atoms with E-state index in [9.17, 15) is 9.59 Å². The van der Waals surface area contributed by atoms with E-state index in [1.807, 2.05) is 12.1 Å². The number of morpholine rings is 1. The molecular weight excluding hydrogens is 346 g/mol. The van der Waals surface area contributed by atoms with Crippen LogP contribution in [0, 0.1) is 0 Å². The van der Waals surface area contributed by atoms with Crippen LogP contribution in [0.25, 0.3) is 0 Å². The fourth-order valence-corrected chi connectivity index (χ4v) is 3.18. The van der Waals surface area contributed by atoms with E-state index >= 15 is 0 Å². The third-order valence-electron chi connectivity index (χ3n) is 4.31. The highest BCUT2D eigenvalue weighted by Crippen LogP contribution is 2.14. The predicted molar refractivity (Wildman–Crippen MR) is 103 cm³/mol. The number of carbonyl (C=O) groups is 2. The molecule has 1 heterocycles. The van der Waals surface area contributed by atoms with Crippen molar-refractivity contribution in [3.8, 4) is 0 Å². The number of nitrogens with zero attached hydrogens (tertiary/aromatic N) is 1. The Hall–Kier alpha value is -2.12. The molecular formula is C20H31N3O4. The van der Waals surface area contributed by atoms with Crippen LogP contribution < -0.4 is 10.6 Å². The lowest BCUT2D eigenvalue weighted by atomic mass is 10.1. The number of carbonyl (C=O) groups excluding carboxylic acids is 2. The quantitative estimate of drug-likeness (QED) is 0.725. The van der Waals surface area contributed by atoms with Gasteiger partial charge < -0.3 is 20.1 Å². The van der Waals surface area contributed by atoms with Crippen LogP contribution in [0.4, 0.5) is 4.79 Å². The maximum Gasteiger partial charge on any atom is 0.407 e. The summed E-state index contributed by atoms with van der Waals surface area (Å²) in [6.45, 7) is 9.81. The first-order chi connectivity index (χ1) is 13.0. The molecule has 1 saturated heterocycles. The van der Waals surface area contributed by atoms with E-state index in [1.165, 1.54) is 5.56 Å². The molecule has 0 spiro atoms. The molecule has 0 radical (unpaired) electrons. The van der Waals surface area contributed by atoms with Crippen LogP contribution in [0.2, 0.25) is 0 Å². The second kappa shape index (κ2) is 10.9. The molecule has 7 heteroatoms. The molecule has 150 valence electrons. The lowest BCUT2D eigenvalue weighted by molar-refractivity contribution is -0.121. The molecule has 2 unspecified atom stereocenters. The predicted octanol–water partition coefficient (Wildman–Crippen LogP) is 2.05. The van der Waals surface area contributed by atoms with Gasteiger partial charge in [-0.1, -0.05) is 24.3 Å². The minimum Gasteiger partial charge on any atom is -0.450 e. The third-order valence-corrected chi connectivity index (χ3v) is 4.31. The van der Waals surface area contributed by atoms with Crippen LogP contribution in [-0.2, 0) is 27.4 Å². The van der Waals surface area contributed by atoms with Crippen molar-refractivity contribution in [1.29, 1.82) is 0 Å². The summed E-state index contributed by atoms with van der Waals surface area (Å²) in [5.41, 5.74) is 2.30. The molecule has 0 aromatic heterocycles. The summed E-state index contributed by atoms with van der Waals surface area (Å²) in [6, 6.07) is 8.29. The van der Waals surface area contributed by atoms with Gasteiger partial charge in [0.15, 0.2) is 0 Å². The zero-order chi connectivity index (χ0) is 19.6. The van der Waals surface area contributed by atoms with Gasteiger partial charge in [-0.3, -0.25) is 9.69 Å². The molecule has 0 aliphatic carbocycles. The zero-order valence-electron chi connectivity index (χ0n) is 16.5. The Morgan fingerprint density at radius 1 is 1.11 bits per heavy atom. The molecule has 1 aliphatic rings. The molecule has 1 aromatic carbocycles. The minimum atomic E-state index is -0.495. The van der Waals surface area contributed by atoms with Gasteiger partial charge in [0.25, 0.3) is 0 Å². The van der Waals surface area contributed by atoms with Gasteiger partial charge in [-0.2, -0.15) is 0 Å². The lowest BCUT2D eigenvalue weighted by Crippen LogP contribution is -2.44. The fourth-order valence-electron chi connectivity index (χ4n) is 3.18. The summed E-state index contributed by atoms with van der Waals surface area (Å²) in [7, 11) is 0. The van der Waals surface area contributed by atoms with Gasteiger partial charge in [-0.05, 0) is 31.9 Å². The van der Waals surface area contributed by atoms with Gasteiger partial charge in [0.1, 0.15) is 0 Å². The van der Waals surface area contributed by atoms with Crippen molar-refractivity contribution in [1.82, 2.24) is 15.5 Å². The summed E-state index contributed by atoms with van der Waals surface area (Å²) < 4.78 is 10.5. The second-order valence-corrected chi connectivity index (χ2v) is 6.94. The molecule has 7 nitrogen and oxygen atoms in total. The topological polar surface area (TPSA) is 79.9 Å². The van der Waals surface area contributed by atoms with Crippen molar-refractivity contribution in [3.05, 3.63) is 35.4 Å². The highest BCUT2D eigenvalue weighted by atomic mass is 16.5. The highest BCUT2D eigenvalue weighted by molar-refractivity contribution is 5.76. The Labute approximate surface area is 161 Å². The van der Waals surface area contributed by atoms with E-state index in [-0.39, 0.29) is 31.1 Å². The summed E-state index contributed by atoms with van der Waals surface area (Å²) in [4.78, 5) is 25.4. The van der Waals surface area contributed by atoms with E-state index in [1.54, 1.807) is 6.92 Å². The molecule has 2 atom stereocenters. The Kier molecular flexibility index (Phi) is 8.54. The highest BCUT2D eigenvalue weighted by Gasteiger charge is 2.21. The van der Waals surface area contributed by atoms with Crippen LogP contribution in [0.1, 0.15) is 38.3 Å². The third kappa shape index (κ3) is 7.97. The smallest absolute Gasteiger partial charge is 0.407 e. The summed E-state index contributed by atoms with van der Waals surface area (Å²) in [6.07, 6.45) is 0.262. The maximum atomic E-state index is 11.8. The van der Waals surface area contributed by atoms with Gasteiger partial charge in [0.2, 0.25) is 5.91 Å². The van der Waals surface area contributed by atoms with Crippen molar-refractivity contribution in [3.63, 3.8) is 0 Å². The molecule has 27 heavy (non-hydrogen) atoms. The van der Waals surface area contributed by atoms with Gasteiger partial charge in [0.05, 0.1) is 18.8 Å². The normalized spacial score (nSPS) is 20.1. The number of amides is 2. The van der Waals surface area contributed by atoms with Crippen molar-refractivity contribution < 1.29 is 19.1 Å². The molecule has 1 aromatic rings. The van der Waals surface area contributed by atoms with E-state index in [0.29, 0.717) is 13.2 Å². The molecule has 1 aliphatic heterocycles.